The van der Waals surface area contributed by atoms with E-state index < -0.39 is 22.5 Å². The number of carboxylic acids is 1. The lowest BCUT2D eigenvalue weighted by Crippen LogP contribution is -2.36. The summed E-state index contributed by atoms with van der Waals surface area (Å²) in [5.41, 5.74) is 2.00. The van der Waals surface area contributed by atoms with Gasteiger partial charge in [0.2, 0.25) is 0 Å². The van der Waals surface area contributed by atoms with E-state index >= 15 is 0 Å². The van der Waals surface area contributed by atoms with Crippen molar-refractivity contribution in [2.75, 3.05) is 10.8 Å². The molecule has 0 spiro atoms. The van der Waals surface area contributed by atoms with Crippen molar-refractivity contribution in [2.45, 2.75) is 18.7 Å². The number of sulfonamides is 1. The molecule has 0 fully saturated rings. The summed E-state index contributed by atoms with van der Waals surface area (Å²) in [7, 11) is -4.06. The maximum Gasteiger partial charge on any atom is 0.324 e. The molecule has 3 aromatic rings. The van der Waals surface area contributed by atoms with Gasteiger partial charge in [-0.05, 0) is 42.5 Å². The minimum absolute atomic E-state index is 0.0951. The average molecular weight is 369 g/mol. The zero-order valence-electron chi connectivity index (χ0n) is 14.5. The van der Waals surface area contributed by atoms with Crippen LogP contribution < -0.4 is 4.31 Å². The van der Waals surface area contributed by atoms with Crippen molar-refractivity contribution in [3.63, 3.8) is 0 Å². The maximum absolute atomic E-state index is 13.4. The molecule has 0 aliphatic rings. The Balaban J connectivity index is 2.25. The van der Waals surface area contributed by atoms with Gasteiger partial charge in [-0.15, -0.1) is 0 Å². The van der Waals surface area contributed by atoms with Gasteiger partial charge in [-0.1, -0.05) is 48.5 Å². The Kier molecular flexibility index (Phi) is 4.70. The lowest BCUT2D eigenvalue weighted by Gasteiger charge is -2.25. The minimum Gasteiger partial charge on any atom is -0.480 e. The Morgan fingerprint density at radius 3 is 2.35 bits per heavy atom. The third kappa shape index (κ3) is 3.15. The Labute approximate surface area is 152 Å². The molecular weight excluding hydrogens is 350 g/mol. The number of benzene rings is 3. The molecule has 0 bridgehead atoms. The summed E-state index contributed by atoms with van der Waals surface area (Å²) < 4.78 is 27.8. The lowest BCUT2D eigenvalue weighted by atomic mass is 10.1. The monoisotopic (exact) mass is 369 g/mol. The van der Waals surface area contributed by atoms with Crippen LogP contribution >= 0.6 is 0 Å². The zero-order chi connectivity index (χ0) is 18.9. The highest BCUT2D eigenvalue weighted by atomic mass is 32.2. The fraction of sp³-hybridized carbons (Fsp3) is 0.150. The second-order valence-corrected chi connectivity index (χ2v) is 7.93. The van der Waals surface area contributed by atoms with E-state index in [-0.39, 0.29) is 4.90 Å². The Morgan fingerprint density at radius 2 is 1.62 bits per heavy atom. The number of hydrogen-bond acceptors (Lipinski definition) is 3. The van der Waals surface area contributed by atoms with E-state index in [9.17, 15) is 18.3 Å². The molecule has 26 heavy (non-hydrogen) atoms. The van der Waals surface area contributed by atoms with E-state index in [1.54, 1.807) is 37.3 Å². The summed E-state index contributed by atoms with van der Waals surface area (Å²) in [5, 5.41) is 10.7. The largest absolute Gasteiger partial charge is 0.480 e. The number of carboxylic acid groups (broad SMARTS) is 1. The molecule has 3 rings (SSSR count). The van der Waals surface area contributed by atoms with Crippen molar-refractivity contribution in [2.24, 2.45) is 0 Å². The third-order valence-corrected chi connectivity index (χ3v) is 6.26. The van der Waals surface area contributed by atoms with E-state index in [4.69, 9.17) is 0 Å². The highest BCUT2D eigenvalue weighted by molar-refractivity contribution is 7.93. The number of rotatable bonds is 5. The summed E-state index contributed by atoms with van der Waals surface area (Å²) >= 11 is 0. The summed E-state index contributed by atoms with van der Waals surface area (Å²) in [6.07, 6.45) is 0. The normalized spacial score (nSPS) is 11.5. The van der Waals surface area contributed by atoms with Gasteiger partial charge in [-0.2, -0.15) is 0 Å². The van der Waals surface area contributed by atoms with Crippen molar-refractivity contribution in [3.05, 3.63) is 71.8 Å². The molecule has 0 aliphatic carbocycles. The third-order valence-electron chi connectivity index (χ3n) is 4.44. The quantitative estimate of drug-likeness (QED) is 0.743. The lowest BCUT2D eigenvalue weighted by molar-refractivity contribution is -0.135. The van der Waals surface area contributed by atoms with Crippen LogP contribution in [0.25, 0.3) is 10.8 Å². The van der Waals surface area contributed by atoms with E-state index in [0.717, 1.165) is 20.8 Å². The number of carbonyl (C=O) groups is 1. The smallest absolute Gasteiger partial charge is 0.324 e. The summed E-state index contributed by atoms with van der Waals surface area (Å²) in [4.78, 5) is 11.5. The van der Waals surface area contributed by atoms with Gasteiger partial charge in [0.15, 0.2) is 0 Å². The number of anilines is 1. The number of aliphatic carboxylic acids is 1. The van der Waals surface area contributed by atoms with Crippen molar-refractivity contribution in [3.8, 4) is 0 Å². The van der Waals surface area contributed by atoms with Crippen LogP contribution in [0.2, 0.25) is 0 Å². The topological polar surface area (TPSA) is 74.7 Å². The van der Waals surface area contributed by atoms with E-state index in [1.165, 1.54) is 6.07 Å². The zero-order valence-corrected chi connectivity index (χ0v) is 15.3. The molecule has 134 valence electrons. The van der Waals surface area contributed by atoms with Crippen LogP contribution in [0.5, 0.6) is 0 Å². The molecule has 0 aliphatic heterocycles. The fourth-order valence-corrected chi connectivity index (χ4v) is 4.66. The number of nitrogens with zero attached hydrogens (tertiary/aromatic N) is 1. The van der Waals surface area contributed by atoms with Crippen LogP contribution in [-0.2, 0) is 14.8 Å². The number of hydrogen-bond donors (Lipinski definition) is 1. The first-order chi connectivity index (χ1) is 12.3. The van der Waals surface area contributed by atoms with Gasteiger partial charge in [0.05, 0.1) is 10.6 Å². The molecular formula is C20H19NO4S. The molecule has 6 heteroatoms. The standard InChI is InChI=1S/C20H19NO4S/c1-14-7-5-11-18(15(14)2)21(13-20(22)23)26(24,25)19-12-6-9-16-8-3-4-10-17(16)19/h3-12H,13H2,1-2H3,(H,22,23). The van der Waals surface area contributed by atoms with Crippen molar-refractivity contribution in [1.82, 2.24) is 0 Å². The van der Waals surface area contributed by atoms with Crippen molar-refractivity contribution >= 4 is 32.5 Å². The minimum atomic E-state index is -4.06. The molecule has 0 heterocycles. The molecule has 0 amide bonds. The summed E-state index contributed by atoms with van der Waals surface area (Å²) in [6, 6.07) is 17.4. The molecule has 0 atom stereocenters. The summed E-state index contributed by atoms with van der Waals surface area (Å²) in [5.74, 6) is -1.21. The van der Waals surface area contributed by atoms with Gasteiger partial charge in [0, 0.05) is 5.39 Å². The predicted octanol–water partition coefficient (Wildman–Crippen LogP) is 3.74. The predicted molar refractivity (Wildman–Crippen MR) is 102 cm³/mol. The van der Waals surface area contributed by atoms with Crippen LogP contribution in [-0.4, -0.2) is 26.0 Å². The fourth-order valence-electron chi connectivity index (χ4n) is 2.97. The van der Waals surface area contributed by atoms with Gasteiger partial charge in [0.25, 0.3) is 10.0 Å². The number of fused-ring (bicyclic) bond motifs is 1. The molecule has 0 unspecified atom stereocenters. The van der Waals surface area contributed by atoms with Crippen LogP contribution in [0.4, 0.5) is 5.69 Å². The SMILES string of the molecule is Cc1cccc(N(CC(=O)O)S(=O)(=O)c2cccc3ccccc23)c1C. The number of aryl methyl sites for hydroxylation is 1. The van der Waals surface area contributed by atoms with E-state index in [0.29, 0.717) is 11.1 Å². The highest BCUT2D eigenvalue weighted by Gasteiger charge is 2.29. The molecule has 3 aromatic carbocycles. The first-order valence-electron chi connectivity index (χ1n) is 8.11. The van der Waals surface area contributed by atoms with Gasteiger partial charge in [0.1, 0.15) is 6.54 Å². The second-order valence-electron chi connectivity index (χ2n) is 6.10. The van der Waals surface area contributed by atoms with Crippen LogP contribution in [0, 0.1) is 13.8 Å². The Bertz CT molecular complexity index is 1080. The van der Waals surface area contributed by atoms with Crippen molar-refractivity contribution < 1.29 is 18.3 Å². The van der Waals surface area contributed by atoms with E-state index in [1.807, 2.05) is 31.2 Å². The molecule has 0 saturated heterocycles. The molecule has 5 nitrogen and oxygen atoms in total. The Morgan fingerprint density at radius 1 is 0.962 bits per heavy atom. The van der Waals surface area contributed by atoms with Crippen molar-refractivity contribution in [1.29, 1.82) is 0 Å². The van der Waals surface area contributed by atoms with Gasteiger partial charge in [-0.3, -0.25) is 9.10 Å². The first kappa shape index (κ1) is 17.9. The van der Waals surface area contributed by atoms with Gasteiger partial charge >= 0.3 is 5.97 Å². The van der Waals surface area contributed by atoms with Crippen LogP contribution in [0.1, 0.15) is 11.1 Å². The van der Waals surface area contributed by atoms with E-state index in [2.05, 4.69) is 0 Å². The summed E-state index contributed by atoms with van der Waals surface area (Å²) in [6.45, 7) is 3.01. The molecule has 0 saturated carbocycles. The molecule has 0 radical (unpaired) electrons. The molecule has 0 aromatic heterocycles. The Hall–Kier alpha value is -2.86. The van der Waals surface area contributed by atoms with Gasteiger partial charge < -0.3 is 5.11 Å². The van der Waals surface area contributed by atoms with Crippen LogP contribution in [0.15, 0.2) is 65.6 Å². The average Bonchev–Trinajstić information content (AvgIpc) is 2.61. The highest BCUT2D eigenvalue weighted by Crippen LogP contribution is 2.31. The molecule has 1 N–H and O–H groups in total. The van der Waals surface area contributed by atoms with Crippen LogP contribution in [0.3, 0.4) is 0 Å². The maximum atomic E-state index is 13.4. The second kappa shape index (κ2) is 6.80. The first-order valence-corrected chi connectivity index (χ1v) is 9.55. The van der Waals surface area contributed by atoms with Gasteiger partial charge in [-0.25, -0.2) is 8.42 Å².